The number of ketones is 2. The predicted molar refractivity (Wildman–Crippen MR) is 93.6 cm³/mol. The Balaban J connectivity index is 2.19. The van der Waals surface area contributed by atoms with Crippen molar-refractivity contribution in [2.45, 2.75) is 60.9 Å². The SMILES string of the molecule is Cc1cc(C)n(CC2=C3C(=CC(=O)C2=O)C(C)(C)CCC3(C)C)n1. The molecule has 0 aliphatic heterocycles. The Morgan fingerprint density at radius 2 is 1.71 bits per heavy atom. The minimum atomic E-state index is -0.393. The van der Waals surface area contributed by atoms with Gasteiger partial charge in [0.15, 0.2) is 0 Å². The maximum absolute atomic E-state index is 12.7. The minimum Gasteiger partial charge on any atom is -0.286 e. The van der Waals surface area contributed by atoms with Crippen LogP contribution < -0.4 is 0 Å². The van der Waals surface area contributed by atoms with Gasteiger partial charge >= 0.3 is 0 Å². The van der Waals surface area contributed by atoms with Crippen molar-refractivity contribution in [3.63, 3.8) is 0 Å². The van der Waals surface area contributed by atoms with Gasteiger partial charge in [-0.2, -0.15) is 5.10 Å². The second-order valence-electron chi connectivity index (χ2n) is 8.46. The van der Waals surface area contributed by atoms with E-state index in [0.717, 1.165) is 35.4 Å². The van der Waals surface area contributed by atoms with Crippen LogP contribution in [0, 0.1) is 24.7 Å². The topological polar surface area (TPSA) is 52.0 Å². The summed E-state index contributed by atoms with van der Waals surface area (Å²) in [5.41, 5.74) is 4.47. The summed E-state index contributed by atoms with van der Waals surface area (Å²) < 4.78 is 1.84. The minimum absolute atomic E-state index is 0.0818. The zero-order valence-corrected chi connectivity index (χ0v) is 15.5. The summed E-state index contributed by atoms with van der Waals surface area (Å²) in [6, 6.07) is 1.99. The summed E-state index contributed by atoms with van der Waals surface area (Å²) in [6.45, 7) is 13.0. The summed E-state index contributed by atoms with van der Waals surface area (Å²) in [4.78, 5) is 25.1. The number of carbonyl (C=O) groups excluding carboxylic acids is 2. The predicted octanol–water partition coefficient (Wildman–Crippen LogP) is 3.72. The fraction of sp³-hybridized carbons (Fsp3) is 0.550. The molecule has 1 fully saturated rings. The van der Waals surface area contributed by atoms with Gasteiger partial charge in [-0.05, 0) is 60.8 Å². The molecule has 1 heterocycles. The summed E-state index contributed by atoms with van der Waals surface area (Å²) in [7, 11) is 0. The Hall–Kier alpha value is -1.97. The standard InChI is InChI=1S/C20H26N2O2/c1-12-9-13(2)22(21-12)11-14-17-15(10-16(23)18(14)24)19(3,4)7-8-20(17,5)6/h9-10H,7-8,11H2,1-6H3. The largest absolute Gasteiger partial charge is 0.286 e. The van der Waals surface area contributed by atoms with Crippen LogP contribution >= 0.6 is 0 Å². The molecule has 24 heavy (non-hydrogen) atoms. The number of carbonyl (C=O) groups is 2. The molecule has 2 aliphatic rings. The third-order valence-electron chi connectivity index (χ3n) is 5.54. The Kier molecular flexibility index (Phi) is 3.70. The van der Waals surface area contributed by atoms with Gasteiger partial charge in [0.05, 0.1) is 12.2 Å². The molecule has 0 atom stereocenters. The first-order valence-electron chi connectivity index (χ1n) is 8.59. The number of aromatic nitrogens is 2. The molecule has 1 saturated carbocycles. The number of fused-ring (bicyclic) bond motifs is 1. The fourth-order valence-electron chi connectivity index (χ4n) is 4.02. The molecule has 2 aliphatic carbocycles. The van der Waals surface area contributed by atoms with Gasteiger partial charge in [-0.1, -0.05) is 27.7 Å². The first kappa shape index (κ1) is 16.9. The van der Waals surface area contributed by atoms with Crippen molar-refractivity contribution in [3.05, 3.63) is 40.2 Å². The molecule has 0 radical (unpaired) electrons. The van der Waals surface area contributed by atoms with Gasteiger partial charge in [-0.3, -0.25) is 14.3 Å². The number of allylic oxidation sites excluding steroid dienone is 4. The van der Waals surface area contributed by atoms with Gasteiger partial charge in [-0.25, -0.2) is 0 Å². The van der Waals surface area contributed by atoms with Crippen LogP contribution in [0.2, 0.25) is 0 Å². The van der Waals surface area contributed by atoms with Gasteiger partial charge in [-0.15, -0.1) is 0 Å². The summed E-state index contributed by atoms with van der Waals surface area (Å²) in [5, 5.41) is 4.49. The summed E-state index contributed by atoms with van der Waals surface area (Å²) >= 11 is 0. The van der Waals surface area contributed by atoms with E-state index in [4.69, 9.17) is 0 Å². The van der Waals surface area contributed by atoms with Crippen LogP contribution in [-0.4, -0.2) is 21.3 Å². The number of hydrogen-bond donors (Lipinski definition) is 0. The third-order valence-corrected chi connectivity index (χ3v) is 5.54. The molecule has 0 amide bonds. The molecular formula is C20H26N2O2. The first-order chi connectivity index (χ1) is 11.0. The Labute approximate surface area is 143 Å². The average molecular weight is 326 g/mol. The zero-order chi connectivity index (χ0) is 17.9. The van der Waals surface area contributed by atoms with Crippen LogP contribution in [0.1, 0.15) is 51.9 Å². The van der Waals surface area contributed by atoms with Gasteiger partial charge in [0.25, 0.3) is 0 Å². The lowest BCUT2D eigenvalue weighted by molar-refractivity contribution is -0.132. The molecule has 0 aromatic carbocycles. The van der Waals surface area contributed by atoms with E-state index in [1.807, 2.05) is 24.6 Å². The highest BCUT2D eigenvalue weighted by atomic mass is 16.2. The maximum Gasteiger partial charge on any atom is 0.231 e. The van der Waals surface area contributed by atoms with E-state index in [1.165, 1.54) is 0 Å². The van der Waals surface area contributed by atoms with E-state index in [-0.39, 0.29) is 16.6 Å². The van der Waals surface area contributed by atoms with E-state index in [2.05, 4.69) is 32.8 Å². The Morgan fingerprint density at radius 1 is 1.08 bits per heavy atom. The van der Waals surface area contributed by atoms with Crippen LogP contribution in [0.4, 0.5) is 0 Å². The van der Waals surface area contributed by atoms with Crippen molar-refractivity contribution in [2.24, 2.45) is 10.8 Å². The molecule has 0 saturated heterocycles. The van der Waals surface area contributed by atoms with E-state index < -0.39 is 5.78 Å². The highest BCUT2D eigenvalue weighted by molar-refractivity contribution is 6.48. The van der Waals surface area contributed by atoms with E-state index in [1.54, 1.807) is 6.08 Å². The molecule has 1 aromatic heterocycles. The normalized spacial score (nSPS) is 22.5. The fourth-order valence-corrected chi connectivity index (χ4v) is 4.02. The first-order valence-corrected chi connectivity index (χ1v) is 8.59. The highest BCUT2D eigenvalue weighted by Gasteiger charge is 2.45. The molecule has 0 spiro atoms. The Bertz CT molecular complexity index is 804. The molecule has 3 rings (SSSR count). The molecule has 0 bridgehead atoms. The van der Waals surface area contributed by atoms with Crippen LogP contribution in [0.3, 0.4) is 0 Å². The molecule has 1 aromatic rings. The van der Waals surface area contributed by atoms with Crippen molar-refractivity contribution in [1.29, 1.82) is 0 Å². The number of hydrogen-bond acceptors (Lipinski definition) is 3. The monoisotopic (exact) mass is 326 g/mol. The van der Waals surface area contributed by atoms with E-state index in [9.17, 15) is 9.59 Å². The van der Waals surface area contributed by atoms with E-state index >= 15 is 0 Å². The van der Waals surface area contributed by atoms with Crippen molar-refractivity contribution in [2.75, 3.05) is 0 Å². The maximum atomic E-state index is 12.7. The number of nitrogens with zero attached hydrogens (tertiary/aromatic N) is 2. The average Bonchev–Trinajstić information content (AvgIpc) is 2.78. The lowest BCUT2D eigenvalue weighted by Crippen LogP contribution is -2.38. The molecule has 0 N–H and O–H groups in total. The number of aryl methyl sites for hydroxylation is 2. The molecule has 128 valence electrons. The second kappa shape index (κ2) is 5.27. The number of rotatable bonds is 2. The molecular weight excluding hydrogens is 300 g/mol. The van der Waals surface area contributed by atoms with Crippen molar-refractivity contribution in [3.8, 4) is 0 Å². The molecule has 4 heteroatoms. The van der Waals surface area contributed by atoms with Gasteiger partial charge in [0.2, 0.25) is 11.6 Å². The number of Topliss-reactive ketones (excluding diaryl/α,β-unsaturated/α-hetero) is 1. The van der Waals surface area contributed by atoms with Gasteiger partial charge in [0.1, 0.15) is 0 Å². The lowest BCUT2D eigenvalue weighted by atomic mass is 9.58. The van der Waals surface area contributed by atoms with Gasteiger partial charge < -0.3 is 0 Å². The quantitative estimate of drug-likeness (QED) is 0.615. The van der Waals surface area contributed by atoms with Crippen LogP contribution in [0.15, 0.2) is 28.9 Å². The summed E-state index contributed by atoms with van der Waals surface area (Å²) in [6.07, 6.45) is 3.61. The molecule has 0 unspecified atom stereocenters. The lowest BCUT2D eigenvalue weighted by Gasteiger charge is -2.46. The smallest absolute Gasteiger partial charge is 0.231 e. The Morgan fingerprint density at radius 3 is 2.29 bits per heavy atom. The van der Waals surface area contributed by atoms with Crippen molar-refractivity contribution < 1.29 is 9.59 Å². The van der Waals surface area contributed by atoms with Crippen molar-refractivity contribution >= 4 is 11.6 Å². The van der Waals surface area contributed by atoms with Gasteiger partial charge in [0, 0.05) is 11.3 Å². The highest BCUT2D eigenvalue weighted by Crippen LogP contribution is 2.54. The third kappa shape index (κ3) is 2.58. The zero-order valence-electron chi connectivity index (χ0n) is 15.5. The second-order valence-corrected chi connectivity index (χ2v) is 8.46. The molecule has 4 nitrogen and oxygen atoms in total. The van der Waals surface area contributed by atoms with Crippen molar-refractivity contribution in [1.82, 2.24) is 9.78 Å². The van der Waals surface area contributed by atoms with E-state index in [0.29, 0.717) is 12.1 Å². The van der Waals surface area contributed by atoms with Crippen LogP contribution in [-0.2, 0) is 16.1 Å². The van der Waals surface area contributed by atoms with Crippen LogP contribution in [0.25, 0.3) is 0 Å². The summed E-state index contributed by atoms with van der Waals surface area (Å²) in [5.74, 6) is -0.761. The van der Waals surface area contributed by atoms with Crippen LogP contribution in [0.5, 0.6) is 0 Å².